The third-order valence-electron chi connectivity index (χ3n) is 6.38. The van der Waals surface area contributed by atoms with Gasteiger partial charge < -0.3 is 20.3 Å². The number of nitrogens with zero attached hydrogens (tertiary/aromatic N) is 3. The van der Waals surface area contributed by atoms with Gasteiger partial charge in [0.25, 0.3) is 5.91 Å². The topological polar surface area (TPSA) is 117 Å². The molecule has 2 aromatic heterocycles. The molecular weight excluding hydrogens is 551 g/mol. The molecule has 13 heteroatoms. The first-order valence-electron chi connectivity index (χ1n) is 12.1. The number of alkyl halides is 3. The zero-order chi connectivity index (χ0) is 30.3. The van der Waals surface area contributed by atoms with Crippen LogP contribution in [0.15, 0.2) is 48.5 Å². The molecule has 0 radical (unpaired) electrons. The van der Waals surface area contributed by atoms with Crippen molar-refractivity contribution in [3.8, 4) is 17.0 Å². The van der Waals surface area contributed by atoms with Gasteiger partial charge in [-0.2, -0.15) is 18.3 Å². The molecule has 4 aromatic rings. The number of ether oxygens (including phenoxy) is 1. The Morgan fingerprint density at radius 2 is 1.66 bits per heavy atom. The Morgan fingerprint density at radius 3 is 2.24 bits per heavy atom. The van der Waals surface area contributed by atoms with Crippen molar-refractivity contribution < 1.29 is 41.7 Å². The third-order valence-corrected chi connectivity index (χ3v) is 6.38. The Kier molecular flexibility index (Phi) is 7.71. The van der Waals surface area contributed by atoms with Crippen LogP contribution in [0.1, 0.15) is 41.2 Å². The fourth-order valence-electron chi connectivity index (χ4n) is 4.16. The molecule has 1 amide bonds. The summed E-state index contributed by atoms with van der Waals surface area (Å²) in [6, 6.07) is 9.61. The molecule has 0 saturated heterocycles. The van der Waals surface area contributed by atoms with Crippen LogP contribution in [-0.2, 0) is 11.2 Å². The molecule has 8 nitrogen and oxygen atoms in total. The van der Waals surface area contributed by atoms with E-state index in [9.17, 15) is 32.6 Å². The molecule has 0 aliphatic heterocycles. The minimum atomic E-state index is -5.54. The van der Waals surface area contributed by atoms with E-state index in [0.717, 1.165) is 32.0 Å². The van der Waals surface area contributed by atoms with Crippen LogP contribution in [0, 0.1) is 18.6 Å². The second-order valence-corrected chi connectivity index (χ2v) is 9.93. The number of halogens is 5. The van der Waals surface area contributed by atoms with Crippen molar-refractivity contribution in [3.05, 3.63) is 82.7 Å². The van der Waals surface area contributed by atoms with E-state index in [0.29, 0.717) is 16.6 Å². The number of aryl methyl sites for hydroxylation is 1. The number of aliphatic hydroxyl groups is 2. The van der Waals surface area contributed by atoms with E-state index >= 15 is 4.39 Å². The summed E-state index contributed by atoms with van der Waals surface area (Å²) in [6.07, 6.45) is -5.54. The summed E-state index contributed by atoms with van der Waals surface area (Å²) in [5.41, 5.74) is -7.62. The molecule has 2 aromatic carbocycles. The molecule has 4 rings (SSSR count). The van der Waals surface area contributed by atoms with Crippen molar-refractivity contribution in [1.29, 1.82) is 0 Å². The fourth-order valence-corrected chi connectivity index (χ4v) is 4.16. The zero-order valence-corrected chi connectivity index (χ0v) is 22.3. The summed E-state index contributed by atoms with van der Waals surface area (Å²) >= 11 is 0. The minimum absolute atomic E-state index is 0.0911. The lowest BCUT2D eigenvalue weighted by molar-refractivity contribution is -0.266. The summed E-state index contributed by atoms with van der Waals surface area (Å²) in [6.45, 7) is 2.39. The Morgan fingerprint density at radius 1 is 1.00 bits per heavy atom. The lowest BCUT2D eigenvalue weighted by Gasteiger charge is -2.32. The Labute approximate surface area is 230 Å². The van der Waals surface area contributed by atoms with Crippen LogP contribution in [0.4, 0.5) is 22.0 Å². The molecule has 0 unspecified atom stereocenters. The van der Waals surface area contributed by atoms with Gasteiger partial charge in [-0.05, 0) is 69.3 Å². The number of rotatable bonds is 7. The van der Waals surface area contributed by atoms with Gasteiger partial charge in [-0.15, -0.1) is 5.10 Å². The average molecular weight is 577 g/mol. The van der Waals surface area contributed by atoms with Gasteiger partial charge >= 0.3 is 6.18 Å². The summed E-state index contributed by atoms with van der Waals surface area (Å²) in [4.78, 5) is 16.8. The Balaban J connectivity index is 1.80. The summed E-state index contributed by atoms with van der Waals surface area (Å²) in [7, 11) is 1.31. The first-order chi connectivity index (χ1) is 19.0. The number of aromatic nitrogens is 3. The van der Waals surface area contributed by atoms with Crippen LogP contribution in [0.5, 0.6) is 5.75 Å². The number of amides is 1. The summed E-state index contributed by atoms with van der Waals surface area (Å²) in [5, 5.41) is 31.8. The highest BCUT2D eigenvalue weighted by molar-refractivity contribution is 5.99. The van der Waals surface area contributed by atoms with Gasteiger partial charge in [0.15, 0.2) is 5.82 Å². The van der Waals surface area contributed by atoms with Crippen LogP contribution in [0.25, 0.3) is 22.2 Å². The van der Waals surface area contributed by atoms with E-state index in [1.807, 2.05) is 5.32 Å². The molecule has 216 valence electrons. The van der Waals surface area contributed by atoms with E-state index in [4.69, 9.17) is 4.74 Å². The number of fused-ring (bicyclic) bond motifs is 1. The quantitative estimate of drug-likeness (QED) is 0.273. The number of carbonyl (C=O) groups excluding carboxylic acids is 1. The summed E-state index contributed by atoms with van der Waals surface area (Å²) < 4.78 is 77.7. The molecule has 2 heterocycles. The number of benzene rings is 2. The molecule has 0 aliphatic rings. The lowest BCUT2D eigenvalue weighted by Crippen LogP contribution is -2.52. The van der Waals surface area contributed by atoms with E-state index in [-0.39, 0.29) is 22.6 Å². The number of methoxy groups -OCH3 is 1. The smallest absolute Gasteiger partial charge is 0.424 e. The number of hydrogen-bond donors (Lipinski definition) is 3. The maximum atomic E-state index is 15.6. The van der Waals surface area contributed by atoms with Gasteiger partial charge in [0.05, 0.1) is 30.6 Å². The van der Waals surface area contributed by atoms with E-state index in [1.54, 1.807) is 13.0 Å². The Bertz CT molecular complexity index is 1620. The van der Waals surface area contributed by atoms with Crippen LogP contribution in [0.2, 0.25) is 0 Å². The van der Waals surface area contributed by atoms with Crippen LogP contribution < -0.4 is 10.1 Å². The van der Waals surface area contributed by atoms with Crippen molar-refractivity contribution in [1.82, 2.24) is 20.5 Å². The van der Waals surface area contributed by atoms with Gasteiger partial charge in [0.2, 0.25) is 5.60 Å². The minimum Gasteiger partial charge on any atom is -0.494 e. The maximum Gasteiger partial charge on any atom is 0.424 e. The maximum absolute atomic E-state index is 15.6. The zero-order valence-electron chi connectivity index (χ0n) is 22.3. The SMILES string of the molecule is COc1cc(C(=O)NC[C@](O)(c2nc(-c3ccc(F)cc3)cc(C(C)(C)O)c2F)C(F)(F)F)cc2cc(C)nnc12. The molecule has 1 atom stereocenters. The van der Waals surface area contributed by atoms with Gasteiger partial charge in [-0.3, -0.25) is 4.79 Å². The van der Waals surface area contributed by atoms with E-state index < -0.39 is 52.7 Å². The molecule has 0 saturated carbocycles. The molecular formula is C28H25F5N4O4. The van der Waals surface area contributed by atoms with Crippen LogP contribution >= 0.6 is 0 Å². The normalized spacial score (nSPS) is 13.6. The molecule has 0 aliphatic carbocycles. The van der Waals surface area contributed by atoms with Crippen molar-refractivity contribution in [2.75, 3.05) is 13.7 Å². The monoisotopic (exact) mass is 576 g/mol. The lowest BCUT2D eigenvalue weighted by atomic mass is 9.89. The fraction of sp³-hybridized carbons (Fsp3) is 0.286. The molecule has 41 heavy (non-hydrogen) atoms. The van der Waals surface area contributed by atoms with Crippen molar-refractivity contribution in [2.24, 2.45) is 0 Å². The predicted molar refractivity (Wildman–Crippen MR) is 138 cm³/mol. The first kappa shape index (κ1) is 29.7. The highest BCUT2D eigenvalue weighted by Crippen LogP contribution is 2.42. The van der Waals surface area contributed by atoms with E-state index in [2.05, 4.69) is 15.2 Å². The van der Waals surface area contributed by atoms with Crippen molar-refractivity contribution in [3.63, 3.8) is 0 Å². The highest BCUT2D eigenvalue weighted by atomic mass is 19.4. The van der Waals surface area contributed by atoms with Crippen LogP contribution in [0.3, 0.4) is 0 Å². The van der Waals surface area contributed by atoms with E-state index in [1.165, 1.54) is 31.4 Å². The van der Waals surface area contributed by atoms with Gasteiger partial charge in [-0.25, -0.2) is 13.8 Å². The second-order valence-electron chi connectivity index (χ2n) is 9.93. The first-order valence-corrected chi connectivity index (χ1v) is 12.1. The molecule has 3 N–H and O–H groups in total. The molecule has 0 spiro atoms. The average Bonchev–Trinajstić information content (AvgIpc) is 2.89. The number of hydrogen-bond acceptors (Lipinski definition) is 7. The largest absolute Gasteiger partial charge is 0.494 e. The standard InChI is InChI=1S/C28H25F5N4O4/c1-14-9-16-10-17(11-21(41-4)23(16)37-36-14)25(38)34-13-27(40,28(31,32)33)24-22(30)19(26(2,3)39)12-20(35-24)15-5-7-18(29)8-6-15/h5-12,39-40H,13H2,1-4H3,(H,34,38)/t27-/m0/s1. The van der Waals surface area contributed by atoms with Gasteiger partial charge in [0.1, 0.15) is 22.8 Å². The highest BCUT2D eigenvalue weighted by Gasteiger charge is 2.58. The van der Waals surface area contributed by atoms with Gasteiger partial charge in [-0.1, -0.05) is 0 Å². The van der Waals surface area contributed by atoms with Crippen molar-refractivity contribution in [2.45, 2.75) is 38.1 Å². The number of nitrogens with one attached hydrogen (secondary N) is 1. The molecule has 0 bridgehead atoms. The predicted octanol–water partition coefficient (Wildman–Crippen LogP) is 4.69. The summed E-state index contributed by atoms with van der Waals surface area (Å²) in [5.74, 6) is -3.18. The number of carbonyl (C=O) groups is 1. The van der Waals surface area contributed by atoms with Gasteiger partial charge in [0, 0.05) is 22.1 Å². The third kappa shape index (κ3) is 5.81. The van der Waals surface area contributed by atoms with Crippen LogP contribution in [-0.4, -0.2) is 51.1 Å². The Hall–Kier alpha value is -4.23. The number of pyridine rings is 1. The second kappa shape index (κ2) is 10.6. The van der Waals surface area contributed by atoms with Crippen molar-refractivity contribution >= 4 is 16.8 Å². The molecule has 0 fully saturated rings.